The van der Waals surface area contributed by atoms with Crippen LogP contribution >= 0.6 is 0 Å². The van der Waals surface area contributed by atoms with Crippen LogP contribution in [0, 0.1) is 12.8 Å². The van der Waals surface area contributed by atoms with E-state index < -0.39 is 10.0 Å². The lowest BCUT2D eigenvalue weighted by molar-refractivity contribution is 0.188. The molecule has 3 N–H and O–H groups in total. The van der Waals surface area contributed by atoms with Gasteiger partial charge in [-0.2, -0.15) is 0 Å². The monoisotopic (exact) mass is 301 g/mol. The van der Waals surface area contributed by atoms with Crippen LogP contribution in [0.25, 0.3) is 0 Å². The highest BCUT2D eigenvalue weighted by Gasteiger charge is 2.30. The molecule has 0 saturated carbocycles. The molecule has 0 amide bonds. The van der Waals surface area contributed by atoms with Crippen LogP contribution < -0.4 is 10.5 Å². The van der Waals surface area contributed by atoms with Crippen LogP contribution in [0.2, 0.25) is 0 Å². The van der Waals surface area contributed by atoms with Gasteiger partial charge in [-0.05, 0) is 32.9 Å². The Morgan fingerprint density at radius 2 is 2.25 bits per heavy atom. The summed E-state index contributed by atoms with van der Waals surface area (Å²) in [6, 6.07) is 1.48. The second kappa shape index (κ2) is 5.85. The Morgan fingerprint density at radius 3 is 2.80 bits per heavy atom. The highest BCUT2D eigenvalue weighted by molar-refractivity contribution is 7.89. The number of sulfonamides is 1. The van der Waals surface area contributed by atoms with Gasteiger partial charge in [0.25, 0.3) is 0 Å². The molecule has 6 nitrogen and oxygen atoms in total. The molecule has 0 aliphatic carbocycles. The molecular formula is C13H23N3O3S. The van der Waals surface area contributed by atoms with E-state index in [1.54, 1.807) is 6.92 Å². The van der Waals surface area contributed by atoms with Gasteiger partial charge in [-0.1, -0.05) is 6.92 Å². The molecule has 1 fully saturated rings. The SMILES string of the molecule is Cc1oc(CN)cc1S(=O)(=O)NC1CCN(C)CC1C. The predicted molar refractivity (Wildman–Crippen MR) is 76.7 cm³/mol. The normalized spacial score (nSPS) is 25.0. The van der Waals surface area contributed by atoms with E-state index in [0.29, 0.717) is 11.5 Å². The van der Waals surface area contributed by atoms with Gasteiger partial charge in [-0.3, -0.25) is 0 Å². The summed E-state index contributed by atoms with van der Waals surface area (Å²) < 4.78 is 33.0. The zero-order valence-corrected chi connectivity index (χ0v) is 13.0. The molecule has 1 aromatic rings. The van der Waals surface area contributed by atoms with Crippen LogP contribution in [-0.2, 0) is 16.6 Å². The minimum absolute atomic E-state index is 0.0353. The maximum absolute atomic E-state index is 12.5. The van der Waals surface area contributed by atoms with E-state index in [4.69, 9.17) is 10.2 Å². The van der Waals surface area contributed by atoms with Crippen LogP contribution in [0.15, 0.2) is 15.4 Å². The fourth-order valence-corrected chi connectivity index (χ4v) is 4.27. The molecule has 0 radical (unpaired) electrons. The molecule has 2 unspecified atom stereocenters. The van der Waals surface area contributed by atoms with E-state index in [1.165, 1.54) is 6.07 Å². The fraction of sp³-hybridized carbons (Fsp3) is 0.692. The summed E-state index contributed by atoms with van der Waals surface area (Å²) in [7, 11) is -1.50. The van der Waals surface area contributed by atoms with E-state index in [0.717, 1.165) is 19.5 Å². The summed E-state index contributed by atoms with van der Waals surface area (Å²) in [5, 5.41) is 0. The van der Waals surface area contributed by atoms with Crippen molar-refractivity contribution in [3.63, 3.8) is 0 Å². The largest absolute Gasteiger partial charge is 0.464 e. The molecule has 2 rings (SSSR count). The molecule has 1 aliphatic rings. The van der Waals surface area contributed by atoms with Gasteiger partial charge in [-0.25, -0.2) is 13.1 Å². The van der Waals surface area contributed by atoms with E-state index in [9.17, 15) is 8.42 Å². The quantitative estimate of drug-likeness (QED) is 0.853. The minimum atomic E-state index is -3.55. The van der Waals surface area contributed by atoms with Crippen molar-refractivity contribution >= 4 is 10.0 Å². The summed E-state index contributed by atoms with van der Waals surface area (Å²) in [4.78, 5) is 2.41. The van der Waals surface area contributed by atoms with Crippen molar-refractivity contribution in [2.45, 2.75) is 37.8 Å². The zero-order chi connectivity index (χ0) is 14.9. The molecule has 2 heterocycles. The van der Waals surface area contributed by atoms with Crippen molar-refractivity contribution in [3.05, 3.63) is 17.6 Å². The Bertz CT molecular complexity index is 567. The number of nitrogens with two attached hydrogens (primary N) is 1. The van der Waals surface area contributed by atoms with E-state index in [2.05, 4.69) is 23.6 Å². The molecule has 20 heavy (non-hydrogen) atoms. The molecule has 7 heteroatoms. The lowest BCUT2D eigenvalue weighted by Crippen LogP contribution is -2.48. The minimum Gasteiger partial charge on any atom is -0.464 e. The number of nitrogens with one attached hydrogen (secondary N) is 1. The van der Waals surface area contributed by atoms with Gasteiger partial charge in [0, 0.05) is 18.7 Å². The van der Waals surface area contributed by atoms with E-state index in [1.807, 2.05) is 0 Å². The number of rotatable bonds is 4. The number of furan rings is 1. The number of aryl methyl sites for hydroxylation is 1. The molecular weight excluding hydrogens is 278 g/mol. The zero-order valence-electron chi connectivity index (χ0n) is 12.2. The first-order valence-corrected chi connectivity index (χ1v) is 8.32. The van der Waals surface area contributed by atoms with Crippen molar-refractivity contribution in [2.24, 2.45) is 11.7 Å². The van der Waals surface area contributed by atoms with Crippen molar-refractivity contribution < 1.29 is 12.8 Å². The van der Waals surface area contributed by atoms with Crippen molar-refractivity contribution in [1.29, 1.82) is 0 Å². The van der Waals surface area contributed by atoms with Crippen molar-refractivity contribution in [3.8, 4) is 0 Å². The molecule has 0 bridgehead atoms. The molecule has 0 aromatic carbocycles. The molecule has 114 valence electrons. The van der Waals surface area contributed by atoms with Gasteiger partial charge in [0.1, 0.15) is 16.4 Å². The van der Waals surface area contributed by atoms with Crippen molar-refractivity contribution in [2.75, 3.05) is 20.1 Å². The Kier molecular flexibility index (Phi) is 4.53. The number of hydrogen-bond donors (Lipinski definition) is 2. The first-order chi connectivity index (χ1) is 9.33. The van der Waals surface area contributed by atoms with Gasteiger partial charge in [-0.15, -0.1) is 0 Å². The summed E-state index contributed by atoms with van der Waals surface area (Å²) in [6.07, 6.45) is 0.817. The third kappa shape index (κ3) is 3.22. The third-order valence-electron chi connectivity index (χ3n) is 3.83. The number of hydrogen-bond acceptors (Lipinski definition) is 5. The summed E-state index contributed by atoms with van der Waals surface area (Å²) in [5.74, 6) is 1.16. The Hall–Kier alpha value is -0.890. The second-order valence-corrected chi connectivity index (χ2v) is 7.28. The standard InChI is InChI=1S/C13H23N3O3S/c1-9-8-16(3)5-4-12(9)15-20(17,18)13-6-11(7-14)19-10(13)2/h6,9,12,15H,4-5,7-8,14H2,1-3H3. The smallest absolute Gasteiger partial charge is 0.244 e. The predicted octanol–water partition coefficient (Wildman–Crippen LogP) is 0.665. The fourth-order valence-electron chi connectivity index (χ4n) is 2.68. The van der Waals surface area contributed by atoms with Gasteiger partial charge in [0.15, 0.2) is 0 Å². The Morgan fingerprint density at radius 1 is 1.55 bits per heavy atom. The maximum atomic E-state index is 12.5. The third-order valence-corrected chi connectivity index (χ3v) is 5.43. The van der Waals surface area contributed by atoms with Gasteiger partial charge in [0.05, 0.1) is 6.54 Å². The van der Waals surface area contributed by atoms with E-state index >= 15 is 0 Å². The highest BCUT2D eigenvalue weighted by Crippen LogP contribution is 2.22. The van der Waals surface area contributed by atoms with Gasteiger partial charge >= 0.3 is 0 Å². The average molecular weight is 301 g/mol. The first-order valence-electron chi connectivity index (χ1n) is 6.83. The summed E-state index contributed by atoms with van der Waals surface area (Å²) in [5.41, 5.74) is 5.48. The van der Waals surface area contributed by atoms with Crippen LogP contribution in [0.5, 0.6) is 0 Å². The lowest BCUT2D eigenvalue weighted by Gasteiger charge is -2.34. The molecule has 1 aliphatic heterocycles. The molecule has 1 saturated heterocycles. The van der Waals surface area contributed by atoms with Crippen LogP contribution in [0.3, 0.4) is 0 Å². The number of nitrogens with zero attached hydrogens (tertiary/aromatic N) is 1. The lowest BCUT2D eigenvalue weighted by atomic mass is 9.95. The highest BCUT2D eigenvalue weighted by atomic mass is 32.2. The first kappa shape index (κ1) is 15.5. The Labute approximate surface area is 120 Å². The van der Waals surface area contributed by atoms with Crippen LogP contribution in [-0.4, -0.2) is 39.5 Å². The summed E-state index contributed by atoms with van der Waals surface area (Å²) in [6.45, 7) is 5.70. The topological polar surface area (TPSA) is 88.6 Å². The second-order valence-electron chi connectivity index (χ2n) is 5.59. The van der Waals surface area contributed by atoms with E-state index in [-0.39, 0.29) is 23.4 Å². The van der Waals surface area contributed by atoms with Crippen LogP contribution in [0.1, 0.15) is 24.9 Å². The van der Waals surface area contributed by atoms with Gasteiger partial charge in [0.2, 0.25) is 10.0 Å². The maximum Gasteiger partial charge on any atom is 0.244 e. The molecule has 0 spiro atoms. The number of likely N-dealkylation sites (tertiary alicyclic amines) is 1. The molecule has 1 aromatic heterocycles. The molecule has 2 atom stereocenters. The Balaban J connectivity index is 2.16. The van der Waals surface area contributed by atoms with Crippen molar-refractivity contribution in [1.82, 2.24) is 9.62 Å². The van der Waals surface area contributed by atoms with Gasteiger partial charge < -0.3 is 15.1 Å². The summed E-state index contributed by atoms with van der Waals surface area (Å²) >= 11 is 0. The average Bonchev–Trinajstić information content (AvgIpc) is 2.75. The number of piperidine rings is 1. The van der Waals surface area contributed by atoms with Crippen LogP contribution in [0.4, 0.5) is 0 Å².